The lowest BCUT2D eigenvalue weighted by molar-refractivity contribution is 0.161. The van der Waals surface area contributed by atoms with Gasteiger partial charge in [0, 0.05) is 18.0 Å². The largest absolute Gasteiger partial charge is 0.497 e. The average molecular weight is 352 g/mol. The summed E-state index contributed by atoms with van der Waals surface area (Å²) in [5.41, 5.74) is 7.93. The number of methoxy groups -OCH3 is 1. The minimum Gasteiger partial charge on any atom is -0.497 e. The van der Waals surface area contributed by atoms with E-state index in [1.54, 1.807) is 13.2 Å². The number of ether oxygens (including phenoxy) is 2. The van der Waals surface area contributed by atoms with E-state index in [4.69, 9.17) is 15.2 Å². The van der Waals surface area contributed by atoms with Crippen LogP contribution in [-0.2, 0) is 0 Å². The van der Waals surface area contributed by atoms with Crippen LogP contribution in [0.3, 0.4) is 0 Å². The van der Waals surface area contributed by atoms with E-state index in [2.05, 4.69) is 15.9 Å². The van der Waals surface area contributed by atoms with Gasteiger partial charge in [-0.1, -0.05) is 6.07 Å². The average Bonchev–Trinajstić information content (AvgIpc) is 2.49. The van der Waals surface area contributed by atoms with Crippen molar-refractivity contribution in [1.29, 1.82) is 0 Å². The van der Waals surface area contributed by atoms with Crippen molar-refractivity contribution in [2.24, 2.45) is 5.73 Å². The predicted octanol–water partition coefficient (Wildman–Crippen LogP) is 4.12. The van der Waals surface area contributed by atoms with Gasteiger partial charge in [-0.15, -0.1) is 0 Å². The second-order valence-corrected chi connectivity index (χ2v) is 5.88. The van der Waals surface area contributed by atoms with E-state index >= 15 is 0 Å². The third-order valence-electron chi connectivity index (χ3n) is 3.67. The fraction of sp³-hybridized carbons (Fsp3) is 0.250. The van der Waals surface area contributed by atoms with Crippen LogP contribution in [0.15, 0.2) is 40.9 Å². The zero-order valence-electron chi connectivity index (χ0n) is 11.5. The molecule has 0 spiro atoms. The Morgan fingerprint density at radius 2 is 2.10 bits per heavy atom. The van der Waals surface area contributed by atoms with Gasteiger partial charge in [-0.05, 0) is 51.8 Å². The maximum Gasteiger partial charge on any atom is 0.137 e. The summed E-state index contributed by atoms with van der Waals surface area (Å²) < 4.78 is 25.3. The van der Waals surface area contributed by atoms with Gasteiger partial charge in [-0.25, -0.2) is 4.39 Å². The summed E-state index contributed by atoms with van der Waals surface area (Å²) in [7, 11) is 1.62. The van der Waals surface area contributed by atoms with Crippen LogP contribution in [0.1, 0.15) is 29.7 Å². The smallest absolute Gasteiger partial charge is 0.137 e. The van der Waals surface area contributed by atoms with Crippen molar-refractivity contribution in [2.75, 3.05) is 7.11 Å². The monoisotopic (exact) mass is 351 g/mol. The Bertz CT molecular complexity index is 677. The lowest BCUT2D eigenvalue weighted by Gasteiger charge is -2.31. The Morgan fingerprint density at radius 3 is 2.81 bits per heavy atom. The number of halogens is 2. The molecule has 2 atom stereocenters. The van der Waals surface area contributed by atoms with Gasteiger partial charge in [0.1, 0.15) is 23.4 Å². The second-order valence-electron chi connectivity index (χ2n) is 5.03. The quantitative estimate of drug-likeness (QED) is 0.884. The Balaban J connectivity index is 1.92. The lowest BCUT2D eigenvalue weighted by Crippen LogP contribution is -2.24. The van der Waals surface area contributed by atoms with Crippen molar-refractivity contribution in [3.05, 3.63) is 57.8 Å². The first-order valence-electron chi connectivity index (χ1n) is 6.63. The van der Waals surface area contributed by atoms with Crippen molar-refractivity contribution < 1.29 is 13.9 Å². The fourth-order valence-corrected chi connectivity index (χ4v) is 2.77. The SMILES string of the molecule is COc1ccc2c(c1)[C@H](N)CC(c1ccc(Br)c(F)c1)O2. The van der Waals surface area contributed by atoms with Gasteiger partial charge < -0.3 is 15.2 Å². The molecule has 0 saturated heterocycles. The minimum atomic E-state index is -0.301. The first-order chi connectivity index (χ1) is 10.1. The zero-order chi connectivity index (χ0) is 15.0. The van der Waals surface area contributed by atoms with Gasteiger partial charge in [0.15, 0.2) is 0 Å². The van der Waals surface area contributed by atoms with Crippen LogP contribution < -0.4 is 15.2 Å². The van der Waals surface area contributed by atoms with E-state index in [9.17, 15) is 4.39 Å². The standard InChI is InChI=1S/C16H15BrFNO2/c1-20-10-3-5-15-11(7-10)14(19)8-16(21-15)9-2-4-12(17)13(18)6-9/h2-7,14,16H,8,19H2,1H3/t14-,16?/m1/s1. The van der Waals surface area contributed by atoms with E-state index in [0.717, 1.165) is 22.6 Å². The second kappa shape index (κ2) is 5.66. The van der Waals surface area contributed by atoms with E-state index in [0.29, 0.717) is 10.9 Å². The summed E-state index contributed by atoms with van der Waals surface area (Å²) in [5.74, 6) is 1.18. The molecule has 0 saturated carbocycles. The highest BCUT2D eigenvalue weighted by atomic mass is 79.9. The highest BCUT2D eigenvalue weighted by Crippen LogP contribution is 2.41. The van der Waals surface area contributed by atoms with Crippen LogP contribution >= 0.6 is 15.9 Å². The van der Waals surface area contributed by atoms with Gasteiger partial charge in [0.05, 0.1) is 11.6 Å². The molecule has 0 aromatic heterocycles. The number of nitrogens with two attached hydrogens (primary N) is 1. The number of fused-ring (bicyclic) bond motifs is 1. The fourth-order valence-electron chi connectivity index (χ4n) is 2.53. The molecule has 5 heteroatoms. The van der Waals surface area contributed by atoms with Gasteiger partial charge in [0.25, 0.3) is 0 Å². The van der Waals surface area contributed by atoms with Crippen LogP contribution in [0.25, 0.3) is 0 Å². The minimum absolute atomic E-state index is 0.166. The molecule has 0 aliphatic carbocycles. The number of hydrogen-bond acceptors (Lipinski definition) is 3. The molecule has 1 aliphatic rings. The van der Waals surface area contributed by atoms with E-state index in [1.165, 1.54) is 6.07 Å². The Morgan fingerprint density at radius 1 is 1.29 bits per heavy atom. The van der Waals surface area contributed by atoms with Crippen molar-refractivity contribution in [1.82, 2.24) is 0 Å². The molecule has 0 bridgehead atoms. The summed E-state index contributed by atoms with van der Waals surface area (Å²) in [6.07, 6.45) is 0.352. The maximum absolute atomic E-state index is 13.7. The van der Waals surface area contributed by atoms with Crippen LogP contribution in [0.5, 0.6) is 11.5 Å². The molecule has 2 aromatic rings. The molecule has 0 amide bonds. The summed E-state index contributed by atoms with van der Waals surface area (Å²) in [6.45, 7) is 0. The highest BCUT2D eigenvalue weighted by Gasteiger charge is 2.27. The normalized spacial score (nSPS) is 20.6. The number of rotatable bonds is 2. The molecule has 1 unspecified atom stereocenters. The van der Waals surface area contributed by atoms with Crippen LogP contribution in [0.2, 0.25) is 0 Å². The molecule has 2 N–H and O–H groups in total. The van der Waals surface area contributed by atoms with Gasteiger partial charge >= 0.3 is 0 Å². The molecule has 2 aromatic carbocycles. The van der Waals surface area contributed by atoms with Crippen molar-refractivity contribution in [3.63, 3.8) is 0 Å². The Labute approximate surface area is 131 Å². The topological polar surface area (TPSA) is 44.5 Å². The summed E-state index contributed by atoms with van der Waals surface area (Å²) in [4.78, 5) is 0. The molecular weight excluding hydrogens is 337 g/mol. The van der Waals surface area contributed by atoms with Gasteiger partial charge in [-0.3, -0.25) is 0 Å². The van der Waals surface area contributed by atoms with Crippen molar-refractivity contribution in [2.45, 2.75) is 18.6 Å². The third kappa shape index (κ3) is 2.76. The van der Waals surface area contributed by atoms with Gasteiger partial charge in [0.2, 0.25) is 0 Å². The first kappa shape index (κ1) is 14.4. The number of hydrogen-bond donors (Lipinski definition) is 1. The molecule has 1 aliphatic heterocycles. The van der Waals surface area contributed by atoms with E-state index in [-0.39, 0.29) is 18.0 Å². The molecule has 1 heterocycles. The van der Waals surface area contributed by atoms with Crippen LogP contribution in [-0.4, -0.2) is 7.11 Å². The summed E-state index contributed by atoms with van der Waals surface area (Å²) in [6, 6.07) is 10.4. The summed E-state index contributed by atoms with van der Waals surface area (Å²) in [5, 5.41) is 0. The Hall–Kier alpha value is -1.59. The van der Waals surface area contributed by atoms with E-state index in [1.807, 2.05) is 24.3 Å². The molecular formula is C16H15BrFNO2. The summed E-state index contributed by atoms with van der Waals surface area (Å²) >= 11 is 3.15. The molecule has 21 heavy (non-hydrogen) atoms. The predicted molar refractivity (Wildman–Crippen MR) is 82.0 cm³/mol. The zero-order valence-corrected chi connectivity index (χ0v) is 13.1. The lowest BCUT2D eigenvalue weighted by atomic mass is 9.93. The molecule has 0 fully saturated rings. The van der Waals surface area contributed by atoms with Crippen LogP contribution in [0, 0.1) is 5.82 Å². The molecule has 3 nitrogen and oxygen atoms in total. The van der Waals surface area contributed by atoms with Crippen molar-refractivity contribution in [3.8, 4) is 11.5 Å². The Kier molecular flexibility index (Phi) is 3.87. The highest BCUT2D eigenvalue weighted by molar-refractivity contribution is 9.10. The van der Waals surface area contributed by atoms with E-state index < -0.39 is 0 Å². The maximum atomic E-state index is 13.7. The number of benzene rings is 2. The third-order valence-corrected chi connectivity index (χ3v) is 4.31. The first-order valence-corrected chi connectivity index (χ1v) is 7.43. The van der Waals surface area contributed by atoms with Crippen LogP contribution in [0.4, 0.5) is 4.39 Å². The molecule has 3 rings (SSSR count). The van der Waals surface area contributed by atoms with Crippen molar-refractivity contribution >= 4 is 15.9 Å². The van der Waals surface area contributed by atoms with Gasteiger partial charge in [-0.2, -0.15) is 0 Å². The molecule has 110 valence electrons. The molecule has 0 radical (unpaired) electrons.